The zero-order chi connectivity index (χ0) is 19.4. The van der Waals surface area contributed by atoms with E-state index in [2.05, 4.69) is 4.74 Å². The van der Waals surface area contributed by atoms with Crippen molar-refractivity contribution in [1.82, 2.24) is 0 Å². The molecule has 0 bridgehead atoms. The van der Waals surface area contributed by atoms with Crippen molar-refractivity contribution >= 4 is 29.0 Å². The summed E-state index contributed by atoms with van der Waals surface area (Å²) in [5, 5.41) is 22.5. The van der Waals surface area contributed by atoms with Gasteiger partial charge in [-0.15, -0.1) is 0 Å². The Balaban J connectivity index is 2.49. The van der Waals surface area contributed by atoms with Gasteiger partial charge in [0.15, 0.2) is 0 Å². The van der Waals surface area contributed by atoms with Gasteiger partial charge in [-0.1, -0.05) is 0 Å². The fourth-order valence-electron chi connectivity index (χ4n) is 2.95. The average Bonchev–Trinajstić information content (AvgIpc) is 2.65. The predicted octanol–water partition coefficient (Wildman–Crippen LogP) is 1.68. The molecule has 0 amide bonds. The van der Waals surface area contributed by atoms with Gasteiger partial charge in [0, 0.05) is 19.2 Å². The summed E-state index contributed by atoms with van der Waals surface area (Å²) >= 11 is 0. The van der Waals surface area contributed by atoms with Crippen molar-refractivity contribution in [3.63, 3.8) is 0 Å². The fourth-order valence-corrected chi connectivity index (χ4v) is 2.95. The maximum absolute atomic E-state index is 12.1. The van der Waals surface area contributed by atoms with Crippen LogP contribution in [0.15, 0.2) is 12.1 Å². The molecule has 0 atom stereocenters. The third-order valence-electron chi connectivity index (χ3n) is 4.23. The van der Waals surface area contributed by atoms with Crippen molar-refractivity contribution in [2.75, 3.05) is 32.2 Å². The number of esters is 2. The molecule has 0 N–H and O–H groups in total. The highest BCUT2D eigenvalue weighted by molar-refractivity contribution is 5.99. The van der Waals surface area contributed by atoms with Crippen LogP contribution in [0.3, 0.4) is 0 Å². The second-order valence-corrected chi connectivity index (χ2v) is 5.65. The zero-order valence-electron chi connectivity index (χ0n) is 14.2. The first-order valence-corrected chi connectivity index (χ1v) is 7.68. The number of hydrogen-bond acceptors (Lipinski definition) is 9. The fraction of sp³-hybridized carbons (Fsp3) is 0.467. The number of non-ortho nitro benzene ring substituents is 1. The number of nitro benzene ring substituents is 2. The van der Waals surface area contributed by atoms with E-state index in [9.17, 15) is 29.8 Å². The molecule has 0 aliphatic carbocycles. The quantitative estimate of drug-likeness (QED) is 0.431. The number of carbonyl (C=O) groups excluding carboxylic acids is 2. The summed E-state index contributed by atoms with van der Waals surface area (Å²) in [5.74, 6) is -1.62. The van der Waals surface area contributed by atoms with Crippen LogP contribution >= 0.6 is 0 Å². The Morgan fingerprint density at radius 2 is 1.69 bits per heavy atom. The lowest BCUT2D eigenvalue weighted by molar-refractivity contribution is -0.393. The molecular formula is C15H17N3O8. The van der Waals surface area contributed by atoms with Gasteiger partial charge in [0.25, 0.3) is 11.4 Å². The molecule has 0 unspecified atom stereocenters. The molecule has 1 heterocycles. The standard InChI is InChI=1S/C15H17N3O8/c1-25-14(19)9-3-5-16(6-4-9)13-11(15(20)26-2)7-10(17(21)22)8-12(13)18(23)24/h7-9H,3-6H2,1-2H3. The third-order valence-corrected chi connectivity index (χ3v) is 4.23. The van der Waals surface area contributed by atoms with E-state index in [1.807, 2.05) is 0 Å². The predicted molar refractivity (Wildman–Crippen MR) is 88.0 cm³/mol. The summed E-state index contributed by atoms with van der Waals surface area (Å²) < 4.78 is 9.33. The number of anilines is 1. The molecule has 1 aliphatic heterocycles. The molecule has 0 aromatic heterocycles. The lowest BCUT2D eigenvalue weighted by Gasteiger charge is -2.32. The molecule has 1 saturated heterocycles. The van der Waals surface area contributed by atoms with Gasteiger partial charge in [-0.3, -0.25) is 25.0 Å². The highest BCUT2D eigenvalue weighted by Crippen LogP contribution is 2.38. The summed E-state index contributed by atoms with van der Waals surface area (Å²) in [6.07, 6.45) is 0.753. The van der Waals surface area contributed by atoms with Gasteiger partial charge >= 0.3 is 11.9 Å². The Bertz CT molecular complexity index is 756. The van der Waals surface area contributed by atoms with Crippen molar-refractivity contribution in [1.29, 1.82) is 0 Å². The van der Waals surface area contributed by atoms with Crippen LogP contribution < -0.4 is 4.90 Å². The minimum atomic E-state index is -0.915. The van der Waals surface area contributed by atoms with E-state index in [-0.39, 0.29) is 36.2 Å². The molecule has 0 spiro atoms. The number of piperidine rings is 1. The molecule has 2 rings (SSSR count). The van der Waals surface area contributed by atoms with Crippen LogP contribution in [0, 0.1) is 26.1 Å². The monoisotopic (exact) mass is 367 g/mol. The first-order chi connectivity index (χ1) is 12.3. The van der Waals surface area contributed by atoms with Crippen LogP contribution in [0.5, 0.6) is 0 Å². The zero-order valence-corrected chi connectivity index (χ0v) is 14.2. The van der Waals surface area contributed by atoms with Crippen molar-refractivity contribution < 1.29 is 28.9 Å². The number of ether oxygens (including phenoxy) is 2. The van der Waals surface area contributed by atoms with Crippen molar-refractivity contribution in [2.45, 2.75) is 12.8 Å². The van der Waals surface area contributed by atoms with Gasteiger partial charge in [0.1, 0.15) is 5.69 Å². The molecule has 0 radical (unpaired) electrons. The molecule has 11 heteroatoms. The molecule has 140 valence electrons. The van der Waals surface area contributed by atoms with Crippen LogP contribution in [0.25, 0.3) is 0 Å². The van der Waals surface area contributed by atoms with Gasteiger partial charge in [0.05, 0.1) is 41.6 Å². The van der Waals surface area contributed by atoms with Gasteiger partial charge in [-0.05, 0) is 12.8 Å². The largest absolute Gasteiger partial charge is 0.469 e. The Labute approximate surface area is 147 Å². The molecule has 1 aromatic carbocycles. The van der Waals surface area contributed by atoms with E-state index in [0.29, 0.717) is 12.8 Å². The smallest absolute Gasteiger partial charge is 0.340 e. The maximum atomic E-state index is 12.1. The second-order valence-electron chi connectivity index (χ2n) is 5.65. The lowest BCUT2D eigenvalue weighted by Crippen LogP contribution is -2.38. The molecule has 11 nitrogen and oxygen atoms in total. The van der Waals surface area contributed by atoms with Gasteiger partial charge in [-0.25, -0.2) is 4.79 Å². The molecule has 1 aromatic rings. The first-order valence-electron chi connectivity index (χ1n) is 7.68. The van der Waals surface area contributed by atoms with Crippen molar-refractivity contribution in [3.05, 3.63) is 37.9 Å². The number of hydrogen-bond donors (Lipinski definition) is 0. The number of nitrogens with zero attached hydrogens (tertiary/aromatic N) is 3. The van der Waals surface area contributed by atoms with Crippen LogP contribution in [-0.4, -0.2) is 49.1 Å². The molecule has 1 fully saturated rings. The topological polar surface area (TPSA) is 142 Å². The number of carbonyl (C=O) groups is 2. The summed E-state index contributed by atoms with van der Waals surface area (Å²) in [5.41, 5.74) is -1.44. The highest BCUT2D eigenvalue weighted by Gasteiger charge is 2.34. The van der Waals surface area contributed by atoms with Crippen molar-refractivity contribution in [3.8, 4) is 0 Å². The van der Waals surface area contributed by atoms with E-state index in [0.717, 1.165) is 19.2 Å². The summed E-state index contributed by atoms with van der Waals surface area (Å²) in [7, 11) is 2.37. The SMILES string of the molecule is COC(=O)c1cc([N+](=O)[O-])cc([N+](=O)[O-])c1N1CCC(C(=O)OC)CC1. The minimum Gasteiger partial charge on any atom is -0.469 e. The van der Waals surface area contributed by atoms with Crippen LogP contribution in [0.2, 0.25) is 0 Å². The van der Waals surface area contributed by atoms with Gasteiger partial charge < -0.3 is 14.4 Å². The number of rotatable bonds is 5. The van der Waals surface area contributed by atoms with Crippen molar-refractivity contribution in [2.24, 2.45) is 5.92 Å². The molecule has 26 heavy (non-hydrogen) atoms. The minimum absolute atomic E-state index is 0.0456. The Morgan fingerprint density at radius 1 is 1.08 bits per heavy atom. The summed E-state index contributed by atoms with van der Waals surface area (Å²) in [6, 6.07) is 1.77. The highest BCUT2D eigenvalue weighted by atomic mass is 16.6. The van der Waals surface area contributed by atoms with Crippen LogP contribution in [0.4, 0.5) is 17.1 Å². The number of benzene rings is 1. The van der Waals surface area contributed by atoms with Gasteiger partial charge in [-0.2, -0.15) is 0 Å². The van der Waals surface area contributed by atoms with Crippen LogP contribution in [0.1, 0.15) is 23.2 Å². The second kappa shape index (κ2) is 7.76. The summed E-state index contributed by atoms with van der Waals surface area (Å²) in [4.78, 5) is 46.2. The Kier molecular flexibility index (Phi) is 5.70. The number of nitro groups is 2. The third kappa shape index (κ3) is 3.71. The van der Waals surface area contributed by atoms with E-state index in [1.54, 1.807) is 4.90 Å². The van der Waals surface area contributed by atoms with Gasteiger partial charge in [0.2, 0.25) is 0 Å². The first kappa shape index (κ1) is 19.1. The average molecular weight is 367 g/mol. The summed E-state index contributed by atoms with van der Waals surface area (Å²) in [6.45, 7) is 0.505. The Hall–Kier alpha value is -3.24. The van der Waals surface area contributed by atoms with Crippen LogP contribution in [-0.2, 0) is 14.3 Å². The molecule has 0 saturated carbocycles. The number of methoxy groups -OCH3 is 2. The van der Waals surface area contributed by atoms with E-state index in [4.69, 9.17) is 4.74 Å². The molecular weight excluding hydrogens is 350 g/mol. The van der Waals surface area contributed by atoms with E-state index < -0.39 is 27.2 Å². The lowest BCUT2D eigenvalue weighted by atomic mass is 9.95. The molecule has 1 aliphatic rings. The van der Waals surface area contributed by atoms with E-state index >= 15 is 0 Å². The van der Waals surface area contributed by atoms with E-state index in [1.165, 1.54) is 7.11 Å². The normalized spacial score (nSPS) is 14.6. The maximum Gasteiger partial charge on any atom is 0.340 e. The Morgan fingerprint density at radius 3 is 2.15 bits per heavy atom.